The number of rotatable bonds is 5. The SMILES string of the molecule is COc1cccc(N2CCN(C[C@@H](C)c3ccccc3)CC2)c1. The van der Waals surface area contributed by atoms with E-state index in [9.17, 15) is 0 Å². The van der Waals surface area contributed by atoms with Gasteiger partial charge >= 0.3 is 0 Å². The molecule has 1 fully saturated rings. The molecule has 122 valence electrons. The van der Waals surface area contributed by atoms with Gasteiger partial charge in [0.2, 0.25) is 0 Å². The van der Waals surface area contributed by atoms with Crippen molar-refractivity contribution in [1.29, 1.82) is 0 Å². The van der Waals surface area contributed by atoms with Gasteiger partial charge in [-0.25, -0.2) is 0 Å². The molecule has 0 saturated carbocycles. The van der Waals surface area contributed by atoms with E-state index in [1.165, 1.54) is 11.3 Å². The lowest BCUT2D eigenvalue weighted by atomic mass is 10.0. The van der Waals surface area contributed by atoms with Crippen LogP contribution in [0.1, 0.15) is 18.4 Å². The molecule has 1 aliphatic rings. The number of piperazine rings is 1. The molecule has 1 aliphatic heterocycles. The summed E-state index contributed by atoms with van der Waals surface area (Å²) in [6, 6.07) is 19.2. The Kier molecular flexibility index (Phi) is 5.19. The monoisotopic (exact) mass is 310 g/mol. The van der Waals surface area contributed by atoms with Crippen molar-refractivity contribution in [2.45, 2.75) is 12.8 Å². The third-order valence-electron chi connectivity index (χ3n) is 4.69. The van der Waals surface area contributed by atoms with Crippen molar-refractivity contribution >= 4 is 5.69 Å². The average molecular weight is 310 g/mol. The largest absolute Gasteiger partial charge is 0.497 e. The van der Waals surface area contributed by atoms with Gasteiger partial charge in [-0.2, -0.15) is 0 Å². The second-order valence-electron chi connectivity index (χ2n) is 6.30. The number of anilines is 1. The molecule has 0 amide bonds. The highest BCUT2D eigenvalue weighted by atomic mass is 16.5. The van der Waals surface area contributed by atoms with Crippen LogP contribution in [0.5, 0.6) is 5.75 Å². The molecule has 1 heterocycles. The lowest BCUT2D eigenvalue weighted by molar-refractivity contribution is 0.246. The Morgan fingerprint density at radius 1 is 0.957 bits per heavy atom. The van der Waals surface area contributed by atoms with Crippen LogP contribution in [-0.4, -0.2) is 44.7 Å². The zero-order chi connectivity index (χ0) is 16.1. The highest BCUT2D eigenvalue weighted by Gasteiger charge is 2.19. The van der Waals surface area contributed by atoms with E-state index >= 15 is 0 Å². The first-order chi connectivity index (χ1) is 11.3. The first-order valence-electron chi connectivity index (χ1n) is 8.42. The molecule has 1 atom stereocenters. The highest BCUT2D eigenvalue weighted by Crippen LogP contribution is 2.23. The van der Waals surface area contributed by atoms with Crippen molar-refractivity contribution in [1.82, 2.24) is 4.90 Å². The van der Waals surface area contributed by atoms with Crippen molar-refractivity contribution < 1.29 is 4.74 Å². The standard InChI is InChI=1S/C20H26N2O/c1-17(18-7-4-3-5-8-18)16-21-11-13-22(14-12-21)19-9-6-10-20(15-19)23-2/h3-10,15,17H,11-14,16H2,1-2H3/t17-/m1/s1. The van der Waals surface area contributed by atoms with Crippen molar-refractivity contribution in [2.24, 2.45) is 0 Å². The minimum atomic E-state index is 0.583. The molecule has 3 rings (SSSR count). The van der Waals surface area contributed by atoms with E-state index < -0.39 is 0 Å². The minimum Gasteiger partial charge on any atom is -0.497 e. The summed E-state index contributed by atoms with van der Waals surface area (Å²) in [6.07, 6.45) is 0. The minimum absolute atomic E-state index is 0.583. The highest BCUT2D eigenvalue weighted by molar-refractivity contribution is 5.51. The van der Waals surface area contributed by atoms with Gasteiger partial charge in [0, 0.05) is 44.5 Å². The zero-order valence-electron chi connectivity index (χ0n) is 14.1. The fourth-order valence-corrected chi connectivity index (χ4v) is 3.27. The van der Waals surface area contributed by atoms with Crippen LogP contribution in [0.25, 0.3) is 0 Å². The van der Waals surface area contributed by atoms with E-state index in [1.807, 2.05) is 6.07 Å². The molecular weight excluding hydrogens is 284 g/mol. The van der Waals surface area contributed by atoms with E-state index in [1.54, 1.807) is 7.11 Å². The fraction of sp³-hybridized carbons (Fsp3) is 0.400. The van der Waals surface area contributed by atoms with Gasteiger partial charge in [0.25, 0.3) is 0 Å². The molecule has 0 N–H and O–H groups in total. The van der Waals surface area contributed by atoms with Crippen LogP contribution in [0, 0.1) is 0 Å². The van der Waals surface area contributed by atoms with E-state index in [0.29, 0.717) is 5.92 Å². The van der Waals surface area contributed by atoms with Gasteiger partial charge in [0.1, 0.15) is 5.75 Å². The first kappa shape index (κ1) is 15.9. The van der Waals surface area contributed by atoms with Gasteiger partial charge in [-0.05, 0) is 23.6 Å². The van der Waals surface area contributed by atoms with Gasteiger partial charge in [0.15, 0.2) is 0 Å². The predicted molar refractivity (Wildman–Crippen MR) is 96.5 cm³/mol. The molecule has 23 heavy (non-hydrogen) atoms. The quantitative estimate of drug-likeness (QED) is 0.839. The molecule has 0 radical (unpaired) electrons. The van der Waals surface area contributed by atoms with Gasteiger partial charge in [-0.15, -0.1) is 0 Å². The molecule has 2 aromatic carbocycles. The van der Waals surface area contributed by atoms with Crippen molar-refractivity contribution in [2.75, 3.05) is 44.7 Å². The average Bonchev–Trinajstić information content (AvgIpc) is 2.63. The fourth-order valence-electron chi connectivity index (χ4n) is 3.27. The topological polar surface area (TPSA) is 15.7 Å². The molecule has 1 saturated heterocycles. The summed E-state index contributed by atoms with van der Waals surface area (Å²) in [6.45, 7) is 7.85. The molecule has 3 heteroatoms. The normalized spacial score (nSPS) is 17.0. The zero-order valence-corrected chi connectivity index (χ0v) is 14.1. The Morgan fingerprint density at radius 2 is 1.70 bits per heavy atom. The van der Waals surface area contributed by atoms with Crippen LogP contribution >= 0.6 is 0 Å². The van der Waals surface area contributed by atoms with Crippen molar-refractivity contribution in [3.63, 3.8) is 0 Å². The lowest BCUT2D eigenvalue weighted by Crippen LogP contribution is -2.47. The van der Waals surface area contributed by atoms with Gasteiger partial charge < -0.3 is 9.64 Å². The molecule has 0 aromatic heterocycles. The van der Waals surface area contributed by atoms with E-state index in [0.717, 1.165) is 38.5 Å². The summed E-state index contributed by atoms with van der Waals surface area (Å²) in [5, 5.41) is 0. The summed E-state index contributed by atoms with van der Waals surface area (Å²) in [5.41, 5.74) is 2.70. The molecule has 0 unspecified atom stereocenters. The predicted octanol–water partition coefficient (Wildman–Crippen LogP) is 3.62. The van der Waals surface area contributed by atoms with Gasteiger partial charge in [-0.3, -0.25) is 4.90 Å². The van der Waals surface area contributed by atoms with E-state index in [-0.39, 0.29) is 0 Å². The third kappa shape index (κ3) is 4.05. The summed E-state index contributed by atoms with van der Waals surface area (Å²) >= 11 is 0. The van der Waals surface area contributed by atoms with Crippen LogP contribution in [0.15, 0.2) is 54.6 Å². The number of hydrogen-bond acceptors (Lipinski definition) is 3. The third-order valence-corrected chi connectivity index (χ3v) is 4.69. The molecule has 0 aliphatic carbocycles. The Morgan fingerprint density at radius 3 is 2.39 bits per heavy atom. The summed E-state index contributed by atoms with van der Waals surface area (Å²) in [5.74, 6) is 1.52. The number of ether oxygens (including phenoxy) is 1. The number of hydrogen-bond donors (Lipinski definition) is 0. The summed E-state index contributed by atoms with van der Waals surface area (Å²) in [7, 11) is 1.72. The van der Waals surface area contributed by atoms with Gasteiger partial charge in [0.05, 0.1) is 7.11 Å². The maximum atomic E-state index is 5.33. The second kappa shape index (κ2) is 7.51. The molecule has 3 nitrogen and oxygen atoms in total. The van der Waals surface area contributed by atoms with Crippen LogP contribution in [0.2, 0.25) is 0 Å². The van der Waals surface area contributed by atoms with Crippen LogP contribution < -0.4 is 9.64 Å². The molecule has 2 aromatic rings. The van der Waals surface area contributed by atoms with Crippen molar-refractivity contribution in [3.05, 3.63) is 60.2 Å². The smallest absolute Gasteiger partial charge is 0.120 e. The Hall–Kier alpha value is -2.00. The second-order valence-corrected chi connectivity index (χ2v) is 6.30. The number of benzene rings is 2. The maximum absolute atomic E-state index is 5.33. The van der Waals surface area contributed by atoms with Crippen LogP contribution in [0.3, 0.4) is 0 Å². The Labute approximate surface area is 139 Å². The van der Waals surface area contributed by atoms with E-state index in [2.05, 4.69) is 65.3 Å². The Balaban J connectivity index is 1.54. The molecule has 0 bridgehead atoms. The first-order valence-corrected chi connectivity index (χ1v) is 8.42. The van der Waals surface area contributed by atoms with E-state index in [4.69, 9.17) is 4.74 Å². The lowest BCUT2D eigenvalue weighted by Gasteiger charge is -2.37. The van der Waals surface area contributed by atoms with Crippen LogP contribution in [-0.2, 0) is 0 Å². The number of methoxy groups -OCH3 is 1. The van der Waals surface area contributed by atoms with Gasteiger partial charge in [-0.1, -0.05) is 43.3 Å². The Bertz CT molecular complexity index is 606. The summed E-state index contributed by atoms with van der Waals surface area (Å²) in [4.78, 5) is 5.03. The van der Waals surface area contributed by atoms with Crippen molar-refractivity contribution in [3.8, 4) is 5.75 Å². The molecular formula is C20H26N2O. The van der Waals surface area contributed by atoms with Crippen LogP contribution in [0.4, 0.5) is 5.69 Å². The summed E-state index contributed by atoms with van der Waals surface area (Å²) < 4.78 is 5.33. The maximum Gasteiger partial charge on any atom is 0.120 e. The molecule has 0 spiro atoms. The number of nitrogens with zero attached hydrogens (tertiary/aromatic N) is 2.